The lowest BCUT2D eigenvalue weighted by Gasteiger charge is -2.38. The number of anilines is 1. The number of nitrogens with zero attached hydrogens (tertiary/aromatic N) is 3. The first-order valence-corrected chi connectivity index (χ1v) is 12.1. The van der Waals surface area contributed by atoms with Crippen molar-refractivity contribution >= 4 is 15.7 Å². The summed E-state index contributed by atoms with van der Waals surface area (Å²) in [6, 6.07) is 8.29. The molecular formula is C22H31N3O4S. The van der Waals surface area contributed by atoms with Crippen LogP contribution in [0.3, 0.4) is 0 Å². The Kier molecular flexibility index (Phi) is 5.57. The molecule has 0 N–H and O–H groups in total. The molecule has 1 aromatic carbocycles. The predicted molar refractivity (Wildman–Crippen MR) is 115 cm³/mol. The molecule has 2 aromatic rings. The number of rotatable bonds is 5. The molecule has 8 heteroatoms. The molecule has 1 spiro atoms. The van der Waals surface area contributed by atoms with Crippen LogP contribution in [0, 0.1) is 19.3 Å². The largest absolute Gasteiger partial charge is 0.491 e. The van der Waals surface area contributed by atoms with Crippen LogP contribution in [0.2, 0.25) is 0 Å². The zero-order chi connectivity index (χ0) is 21.5. The number of aryl methyl sites for hydroxylation is 2. The van der Waals surface area contributed by atoms with Gasteiger partial charge in [0, 0.05) is 31.9 Å². The summed E-state index contributed by atoms with van der Waals surface area (Å²) in [7, 11) is -3.56. The molecule has 0 unspecified atom stereocenters. The summed E-state index contributed by atoms with van der Waals surface area (Å²) in [5.74, 6) is 1.25. The summed E-state index contributed by atoms with van der Waals surface area (Å²) in [5, 5.41) is 3.82. The topological polar surface area (TPSA) is 75.9 Å². The van der Waals surface area contributed by atoms with Gasteiger partial charge in [0.2, 0.25) is 10.0 Å². The monoisotopic (exact) mass is 433 g/mol. The lowest BCUT2D eigenvalue weighted by atomic mass is 9.78. The number of sulfonamides is 1. The van der Waals surface area contributed by atoms with Gasteiger partial charge in [-0.1, -0.05) is 5.16 Å². The molecule has 0 atom stereocenters. The number of piperidine rings is 1. The Bertz CT molecular complexity index is 970. The van der Waals surface area contributed by atoms with E-state index in [1.165, 1.54) is 5.69 Å². The Balaban J connectivity index is 1.41. The third-order valence-electron chi connectivity index (χ3n) is 6.36. The minimum absolute atomic E-state index is 0.165. The molecule has 4 rings (SSSR count). The summed E-state index contributed by atoms with van der Waals surface area (Å²) in [6.45, 7) is 10.4. The molecule has 0 saturated carbocycles. The summed E-state index contributed by atoms with van der Waals surface area (Å²) in [6.07, 6.45) is 3.01. The highest BCUT2D eigenvalue weighted by Crippen LogP contribution is 2.43. The summed E-state index contributed by atoms with van der Waals surface area (Å²) >= 11 is 0. The van der Waals surface area contributed by atoms with Gasteiger partial charge < -0.3 is 14.2 Å². The second-order valence-corrected chi connectivity index (χ2v) is 10.8. The Morgan fingerprint density at radius 2 is 1.70 bits per heavy atom. The molecule has 1 aromatic heterocycles. The van der Waals surface area contributed by atoms with Crippen molar-refractivity contribution in [3.63, 3.8) is 0 Å². The highest BCUT2D eigenvalue weighted by molar-refractivity contribution is 7.89. The number of aromatic nitrogens is 1. The molecule has 0 amide bonds. The molecule has 2 aliphatic rings. The van der Waals surface area contributed by atoms with Crippen molar-refractivity contribution in [1.82, 2.24) is 9.46 Å². The zero-order valence-electron chi connectivity index (χ0n) is 18.2. The van der Waals surface area contributed by atoms with Crippen LogP contribution >= 0.6 is 0 Å². The standard InChI is InChI=1S/C22H31N3O4S/c1-16(2)28-20-7-5-19(6-8-20)24-12-9-22(15-24)10-13-25(14-11-22)30(26,27)21-17(3)23-29-18(21)4/h5-8,16H,9-15H2,1-4H3. The third-order valence-corrected chi connectivity index (χ3v) is 8.50. The van der Waals surface area contributed by atoms with Gasteiger partial charge in [0.05, 0.1) is 6.10 Å². The van der Waals surface area contributed by atoms with Gasteiger partial charge in [-0.3, -0.25) is 0 Å². The average Bonchev–Trinajstić information content (AvgIpc) is 3.26. The van der Waals surface area contributed by atoms with Crippen LogP contribution in [0.15, 0.2) is 33.7 Å². The van der Waals surface area contributed by atoms with E-state index in [1.54, 1.807) is 18.2 Å². The van der Waals surface area contributed by atoms with Crippen molar-refractivity contribution in [3.05, 3.63) is 35.7 Å². The van der Waals surface area contributed by atoms with Gasteiger partial charge in [-0.15, -0.1) is 0 Å². The van der Waals surface area contributed by atoms with Gasteiger partial charge in [-0.2, -0.15) is 4.31 Å². The van der Waals surface area contributed by atoms with E-state index in [2.05, 4.69) is 22.2 Å². The summed E-state index contributed by atoms with van der Waals surface area (Å²) < 4.78 is 38.6. The van der Waals surface area contributed by atoms with Gasteiger partial charge in [-0.05, 0) is 76.6 Å². The van der Waals surface area contributed by atoms with Crippen LogP contribution in [0.25, 0.3) is 0 Å². The van der Waals surface area contributed by atoms with Crippen LogP contribution in [-0.4, -0.2) is 50.2 Å². The minimum Gasteiger partial charge on any atom is -0.491 e. The van der Waals surface area contributed by atoms with Crippen LogP contribution in [0.5, 0.6) is 5.75 Å². The maximum atomic E-state index is 13.1. The quantitative estimate of drug-likeness (QED) is 0.715. The minimum atomic E-state index is -3.56. The van der Waals surface area contributed by atoms with Crippen molar-refractivity contribution in [2.45, 2.75) is 58.0 Å². The van der Waals surface area contributed by atoms with E-state index in [0.29, 0.717) is 24.5 Å². The summed E-state index contributed by atoms with van der Waals surface area (Å²) in [5.41, 5.74) is 1.82. The molecule has 3 heterocycles. The second kappa shape index (κ2) is 7.89. The molecule has 2 fully saturated rings. The van der Waals surface area contributed by atoms with E-state index in [-0.39, 0.29) is 16.4 Å². The number of hydrogen-bond acceptors (Lipinski definition) is 6. The van der Waals surface area contributed by atoms with E-state index in [9.17, 15) is 8.42 Å². The first kappa shape index (κ1) is 21.2. The molecular weight excluding hydrogens is 402 g/mol. The van der Waals surface area contributed by atoms with Gasteiger partial charge in [-0.25, -0.2) is 8.42 Å². The van der Waals surface area contributed by atoms with E-state index >= 15 is 0 Å². The Morgan fingerprint density at radius 1 is 1.07 bits per heavy atom. The highest BCUT2D eigenvalue weighted by atomic mass is 32.2. The lowest BCUT2D eigenvalue weighted by molar-refractivity contribution is 0.177. The van der Waals surface area contributed by atoms with E-state index < -0.39 is 10.0 Å². The SMILES string of the molecule is Cc1noc(C)c1S(=O)(=O)N1CCC2(CCN(c3ccc(OC(C)C)cc3)C2)CC1. The molecule has 7 nitrogen and oxygen atoms in total. The fourth-order valence-electron chi connectivity index (χ4n) is 4.74. The van der Waals surface area contributed by atoms with Gasteiger partial charge in [0.25, 0.3) is 0 Å². The van der Waals surface area contributed by atoms with Crippen molar-refractivity contribution in [2.75, 3.05) is 31.1 Å². The predicted octanol–water partition coefficient (Wildman–Crippen LogP) is 3.76. The van der Waals surface area contributed by atoms with Crippen molar-refractivity contribution in [1.29, 1.82) is 0 Å². The van der Waals surface area contributed by atoms with Gasteiger partial charge >= 0.3 is 0 Å². The van der Waals surface area contributed by atoms with Gasteiger partial charge in [0.1, 0.15) is 16.3 Å². The Morgan fingerprint density at radius 3 is 2.27 bits per heavy atom. The van der Waals surface area contributed by atoms with Crippen molar-refractivity contribution in [2.24, 2.45) is 5.41 Å². The smallest absolute Gasteiger partial charge is 0.248 e. The van der Waals surface area contributed by atoms with E-state index in [1.807, 2.05) is 26.0 Å². The lowest BCUT2D eigenvalue weighted by Crippen LogP contribution is -2.44. The molecule has 0 bridgehead atoms. The van der Waals surface area contributed by atoms with E-state index in [0.717, 1.165) is 38.1 Å². The normalized spacial score (nSPS) is 19.7. The zero-order valence-corrected chi connectivity index (χ0v) is 19.0. The summed E-state index contributed by atoms with van der Waals surface area (Å²) in [4.78, 5) is 2.65. The fraction of sp³-hybridized carbons (Fsp3) is 0.591. The third kappa shape index (κ3) is 3.95. The Hall–Kier alpha value is -2.06. The number of benzene rings is 1. The van der Waals surface area contributed by atoms with Crippen LogP contribution in [0.1, 0.15) is 44.6 Å². The second-order valence-electron chi connectivity index (χ2n) is 8.89. The Labute approximate surface area is 179 Å². The maximum absolute atomic E-state index is 13.1. The van der Waals surface area contributed by atoms with Gasteiger partial charge in [0.15, 0.2) is 5.76 Å². The van der Waals surface area contributed by atoms with Crippen LogP contribution < -0.4 is 9.64 Å². The molecule has 0 radical (unpaired) electrons. The van der Waals surface area contributed by atoms with Crippen molar-refractivity contribution < 1.29 is 17.7 Å². The number of ether oxygens (including phenoxy) is 1. The first-order chi connectivity index (χ1) is 14.2. The van der Waals surface area contributed by atoms with Crippen LogP contribution in [-0.2, 0) is 10.0 Å². The first-order valence-electron chi connectivity index (χ1n) is 10.6. The fourth-order valence-corrected chi connectivity index (χ4v) is 6.48. The molecule has 2 saturated heterocycles. The average molecular weight is 434 g/mol. The van der Waals surface area contributed by atoms with E-state index in [4.69, 9.17) is 9.26 Å². The highest BCUT2D eigenvalue weighted by Gasteiger charge is 2.43. The molecule has 2 aliphatic heterocycles. The maximum Gasteiger partial charge on any atom is 0.248 e. The number of hydrogen-bond donors (Lipinski definition) is 0. The van der Waals surface area contributed by atoms with Crippen LogP contribution in [0.4, 0.5) is 5.69 Å². The molecule has 164 valence electrons. The molecule has 0 aliphatic carbocycles. The molecule has 30 heavy (non-hydrogen) atoms. The van der Waals surface area contributed by atoms with Crippen molar-refractivity contribution in [3.8, 4) is 5.75 Å².